The Morgan fingerprint density at radius 1 is 1.50 bits per heavy atom. The van der Waals surface area contributed by atoms with Crippen LogP contribution in [0, 0.1) is 0 Å². The van der Waals surface area contributed by atoms with Gasteiger partial charge in [0, 0.05) is 18.5 Å². The van der Waals surface area contributed by atoms with Crippen molar-refractivity contribution in [3.05, 3.63) is 15.8 Å². The molecular weight excluding hydrogens is 276 g/mol. The van der Waals surface area contributed by atoms with Gasteiger partial charge in [-0.05, 0) is 17.9 Å². The number of carbonyl (C=O) groups excluding carboxylic acids is 1. The largest absolute Gasteiger partial charge is 0.477 e. The number of carboxylic acids is 1. The van der Waals surface area contributed by atoms with E-state index in [1.807, 2.05) is 26.8 Å². The van der Waals surface area contributed by atoms with Gasteiger partial charge in [0.1, 0.15) is 10.9 Å². The lowest BCUT2D eigenvalue weighted by Gasteiger charge is -2.15. The molecule has 2 N–H and O–H groups in total. The van der Waals surface area contributed by atoms with Gasteiger partial charge in [-0.15, -0.1) is 11.3 Å². The third-order valence-electron chi connectivity index (χ3n) is 3.42. The SMILES string of the molecule is CN1CC[C@H](Nc2cc(C(C)(C)C)sc2C(=O)O)C1=O. The van der Waals surface area contributed by atoms with E-state index in [1.54, 1.807) is 11.9 Å². The third-order valence-corrected chi connectivity index (χ3v) is 4.97. The van der Waals surface area contributed by atoms with Crippen LogP contribution in [0.25, 0.3) is 0 Å². The quantitative estimate of drug-likeness (QED) is 0.898. The summed E-state index contributed by atoms with van der Waals surface area (Å²) in [4.78, 5) is 26.2. The first-order chi connectivity index (χ1) is 9.20. The predicted octanol–water partition coefficient (Wildman–Crippen LogP) is 2.39. The monoisotopic (exact) mass is 296 g/mol. The maximum atomic E-state index is 11.9. The van der Waals surface area contributed by atoms with Crippen molar-refractivity contribution in [2.75, 3.05) is 18.9 Å². The lowest BCUT2D eigenvalue weighted by molar-refractivity contribution is -0.127. The van der Waals surface area contributed by atoms with E-state index >= 15 is 0 Å². The second-order valence-corrected chi connectivity index (χ2v) is 7.21. The Balaban J connectivity index is 2.29. The molecule has 0 unspecified atom stereocenters. The number of carboxylic acid groups (broad SMARTS) is 1. The summed E-state index contributed by atoms with van der Waals surface area (Å²) in [5.74, 6) is -0.934. The minimum Gasteiger partial charge on any atom is -0.477 e. The minimum absolute atomic E-state index is 0.0184. The summed E-state index contributed by atoms with van der Waals surface area (Å²) in [7, 11) is 1.76. The van der Waals surface area contributed by atoms with Crippen LogP contribution < -0.4 is 5.32 Å². The Hall–Kier alpha value is -1.56. The zero-order valence-electron chi connectivity index (χ0n) is 12.2. The highest BCUT2D eigenvalue weighted by atomic mass is 32.1. The van der Waals surface area contributed by atoms with Crippen LogP contribution in [0.2, 0.25) is 0 Å². The number of hydrogen-bond acceptors (Lipinski definition) is 4. The molecule has 1 atom stereocenters. The van der Waals surface area contributed by atoms with E-state index in [0.717, 1.165) is 4.88 Å². The molecule has 2 rings (SSSR count). The number of anilines is 1. The number of rotatable bonds is 3. The Morgan fingerprint density at radius 3 is 2.60 bits per heavy atom. The molecule has 1 fully saturated rings. The van der Waals surface area contributed by atoms with Gasteiger partial charge in [0.05, 0.1) is 5.69 Å². The third kappa shape index (κ3) is 2.80. The van der Waals surface area contributed by atoms with Crippen LogP contribution in [0.5, 0.6) is 0 Å². The maximum Gasteiger partial charge on any atom is 0.348 e. The zero-order valence-corrected chi connectivity index (χ0v) is 13.0. The van der Waals surface area contributed by atoms with Gasteiger partial charge >= 0.3 is 5.97 Å². The summed E-state index contributed by atoms with van der Waals surface area (Å²) < 4.78 is 0. The summed E-state index contributed by atoms with van der Waals surface area (Å²) in [6, 6.07) is 1.54. The first-order valence-electron chi connectivity index (χ1n) is 6.59. The highest BCUT2D eigenvalue weighted by Crippen LogP contribution is 2.36. The number of thiophene rings is 1. The number of nitrogens with one attached hydrogen (secondary N) is 1. The fourth-order valence-corrected chi connectivity index (χ4v) is 3.19. The minimum atomic E-state index is -0.952. The molecule has 1 saturated heterocycles. The molecule has 5 nitrogen and oxygen atoms in total. The molecule has 1 aliphatic heterocycles. The van der Waals surface area contributed by atoms with Gasteiger partial charge < -0.3 is 15.3 Å². The van der Waals surface area contributed by atoms with Crippen LogP contribution in [-0.2, 0) is 10.2 Å². The van der Waals surface area contributed by atoms with Crippen molar-refractivity contribution < 1.29 is 14.7 Å². The second kappa shape index (κ2) is 5.09. The number of hydrogen-bond donors (Lipinski definition) is 2. The first-order valence-corrected chi connectivity index (χ1v) is 7.41. The average molecular weight is 296 g/mol. The summed E-state index contributed by atoms with van der Waals surface area (Å²) >= 11 is 1.27. The molecular formula is C14H20N2O3S. The van der Waals surface area contributed by atoms with E-state index in [4.69, 9.17) is 0 Å². The number of amides is 1. The first kappa shape index (κ1) is 14.8. The lowest BCUT2D eigenvalue weighted by atomic mass is 9.94. The Morgan fingerprint density at radius 2 is 2.15 bits per heavy atom. The molecule has 0 radical (unpaired) electrons. The predicted molar refractivity (Wildman–Crippen MR) is 79.6 cm³/mol. The molecule has 110 valence electrons. The van der Waals surface area contributed by atoms with Crippen molar-refractivity contribution in [2.45, 2.75) is 38.6 Å². The van der Waals surface area contributed by atoms with Crippen LogP contribution in [0.15, 0.2) is 6.07 Å². The van der Waals surface area contributed by atoms with Crippen LogP contribution >= 0.6 is 11.3 Å². The van der Waals surface area contributed by atoms with Crippen LogP contribution in [0.1, 0.15) is 41.7 Å². The maximum absolute atomic E-state index is 11.9. The normalized spacial score (nSPS) is 19.5. The molecule has 0 aliphatic carbocycles. The van der Waals surface area contributed by atoms with Gasteiger partial charge in [0.15, 0.2) is 0 Å². The van der Waals surface area contributed by atoms with E-state index in [-0.39, 0.29) is 22.2 Å². The van der Waals surface area contributed by atoms with Crippen molar-refractivity contribution >= 4 is 28.9 Å². The molecule has 6 heteroatoms. The molecule has 1 amide bonds. The zero-order chi connectivity index (χ0) is 15.1. The molecule has 0 saturated carbocycles. The van der Waals surface area contributed by atoms with Crippen molar-refractivity contribution in [1.29, 1.82) is 0 Å². The molecule has 1 aliphatic rings. The Labute approximate surface area is 122 Å². The number of nitrogens with zero attached hydrogens (tertiary/aromatic N) is 1. The van der Waals surface area contributed by atoms with E-state index in [1.165, 1.54) is 11.3 Å². The molecule has 1 aromatic rings. The number of aromatic carboxylic acids is 1. The topological polar surface area (TPSA) is 69.6 Å². The van der Waals surface area contributed by atoms with E-state index in [0.29, 0.717) is 18.7 Å². The smallest absolute Gasteiger partial charge is 0.348 e. The summed E-state index contributed by atoms with van der Waals surface area (Å²) in [5.41, 5.74) is 0.451. The molecule has 0 bridgehead atoms. The van der Waals surface area contributed by atoms with Gasteiger partial charge in [-0.1, -0.05) is 20.8 Å². The van der Waals surface area contributed by atoms with E-state index in [9.17, 15) is 14.7 Å². The van der Waals surface area contributed by atoms with Crippen molar-refractivity contribution in [2.24, 2.45) is 0 Å². The highest BCUT2D eigenvalue weighted by molar-refractivity contribution is 7.14. The van der Waals surface area contributed by atoms with Gasteiger partial charge in [0.2, 0.25) is 5.91 Å². The number of likely N-dealkylation sites (tertiary alicyclic amines) is 1. The van der Waals surface area contributed by atoms with Crippen LogP contribution in [0.4, 0.5) is 5.69 Å². The average Bonchev–Trinajstić information content (AvgIpc) is 2.88. The molecule has 0 spiro atoms. The van der Waals surface area contributed by atoms with Crippen molar-refractivity contribution in [3.8, 4) is 0 Å². The van der Waals surface area contributed by atoms with Crippen molar-refractivity contribution in [1.82, 2.24) is 4.90 Å². The van der Waals surface area contributed by atoms with Crippen LogP contribution in [-0.4, -0.2) is 41.5 Å². The van der Waals surface area contributed by atoms with E-state index < -0.39 is 5.97 Å². The van der Waals surface area contributed by atoms with Gasteiger partial charge in [-0.3, -0.25) is 4.79 Å². The van der Waals surface area contributed by atoms with Gasteiger partial charge in [-0.25, -0.2) is 4.79 Å². The molecule has 20 heavy (non-hydrogen) atoms. The van der Waals surface area contributed by atoms with Gasteiger partial charge in [-0.2, -0.15) is 0 Å². The molecule has 0 aromatic carbocycles. The second-order valence-electron chi connectivity index (χ2n) is 6.15. The number of likely N-dealkylation sites (N-methyl/N-ethyl adjacent to an activating group) is 1. The van der Waals surface area contributed by atoms with Crippen molar-refractivity contribution in [3.63, 3.8) is 0 Å². The Kier molecular flexibility index (Phi) is 3.77. The van der Waals surface area contributed by atoms with Crippen LogP contribution in [0.3, 0.4) is 0 Å². The summed E-state index contributed by atoms with van der Waals surface area (Å²) in [6.45, 7) is 6.84. The summed E-state index contributed by atoms with van der Waals surface area (Å²) in [5, 5.41) is 12.4. The fourth-order valence-electron chi connectivity index (χ4n) is 2.17. The highest BCUT2D eigenvalue weighted by Gasteiger charge is 2.31. The van der Waals surface area contributed by atoms with Gasteiger partial charge in [0.25, 0.3) is 0 Å². The summed E-state index contributed by atoms with van der Waals surface area (Å²) in [6.07, 6.45) is 0.703. The Bertz CT molecular complexity index is 545. The molecule has 1 aromatic heterocycles. The molecule has 2 heterocycles. The fraction of sp³-hybridized carbons (Fsp3) is 0.571. The standard InChI is InChI=1S/C14H20N2O3S/c1-14(2,3)10-7-9(11(20-10)13(18)19)15-8-5-6-16(4)12(8)17/h7-8,15H,5-6H2,1-4H3,(H,18,19)/t8-/m0/s1. The lowest BCUT2D eigenvalue weighted by Crippen LogP contribution is -2.31. The van der Waals surface area contributed by atoms with E-state index in [2.05, 4.69) is 5.32 Å². The number of carbonyl (C=O) groups is 2.